The number of hydrogen-bond acceptors (Lipinski definition) is 2. The van der Waals surface area contributed by atoms with Crippen LogP contribution in [-0.4, -0.2) is 11.0 Å². The Balaban J connectivity index is 2.05. The Hall–Kier alpha value is -0.960. The van der Waals surface area contributed by atoms with Gasteiger partial charge in [0.15, 0.2) is 5.11 Å². The van der Waals surface area contributed by atoms with Gasteiger partial charge in [0.05, 0.1) is 15.7 Å². The van der Waals surface area contributed by atoms with Crippen LogP contribution in [-0.2, 0) is 0 Å². The van der Waals surface area contributed by atoms with E-state index in [0.717, 1.165) is 3.57 Å². The van der Waals surface area contributed by atoms with Crippen molar-refractivity contribution >= 4 is 74.7 Å². The molecule has 0 saturated carbocycles. The Morgan fingerprint density at radius 2 is 1.86 bits per heavy atom. The van der Waals surface area contributed by atoms with Crippen molar-refractivity contribution in [3.63, 3.8) is 0 Å². The van der Waals surface area contributed by atoms with Crippen LogP contribution in [0.5, 0.6) is 0 Å². The number of amides is 1. The summed E-state index contributed by atoms with van der Waals surface area (Å²) in [6.45, 7) is 0. The number of nitrogens with one attached hydrogen (secondary N) is 2. The van der Waals surface area contributed by atoms with Gasteiger partial charge in [-0.2, -0.15) is 0 Å². The monoisotopic (exact) mass is 468 g/mol. The summed E-state index contributed by atoms with van der Waals surface area (Å²) in [4.78, 5) is 12.0. The van der Waals surface area contributed by atoms with E-state index >= 15 is 0 Å². The molecule has 0 heterocycles. The summed E-state index contributed by atoms with van der Waals surface area (Å²) in [5, 5.41) is 5.66. The molecule has 0 fully saturated rings. The Morgan fingerprint density at radius 3 is 2.50 bits per heavy atom. The first-order valence-corrected chi connectivity index (χ1v) is 8.13. The summed E-state index contributed by atoms with van der Waals surface area (Å²) >= 11 is 18.6. The topological polar surface area (TPSA) is 41.1 Å². The number of carbonyl (C=O) groups is 1. The lowest BCUT2D eigenvalue weighted by Gasteiger charge is -2.11. The van der Waals surface area contributed by atoms with Crippen LogP contribution in [0, 0.1) is 9.39 Å². The van der Waals surface area contributed by atoms with E-state index in [1.165, 1.54) is 30.3 Å². The van der Waals surface area contributed by atoms with Crippen LogP contribution in [0.3, 0.4) is 0 Å². The van der Waals surface area contributed by atoms with Crippen LogP contribution in [0.15, 0.2) is 36.4 Å². The van der Waals surface area contributed by atoms with Gasteiger partial charge in [-0.05, 0) is 71.2 Å². The van der Waals surface area contributed by atoms with Crippen molar-refractivity contribution in [3.05, 3.63) is 61.4 Å². The number of halogens is 4. The Kier molecular flexibility index (Phi) is 5.96. The third kappa shape index (κ3) is 4.52. The minimum atomic E-state index is -0.470. The zero-order valence-corrected chi connectivity index (χ0v) is 15.3. The zero-order chi connectivity index (χ0) is 16.3. The first-order valence-electron chi connectivity index (χ1n) is 5.89. The molecule has 114 valence electrons. The Labute approximate surface area is 155 Å². The van der Waals surface area contributed by atoms with Gasteiger partial charge in [-0.3, -0.25) is 10.1 Å². The maximum absolute atomic E-state index is 13.7. The molecule has 3 nitrogen and oxygen atoms in total. The summed E-state index contributed by atoms with van der Waals surface area (Å²) in [5.41, 5.74) is 0.474. The van der Waals surface area contributed by atoms with Gasteiger partial charge in [0.1, 0.15) is 5.82 Å². The molecule has 0 atom stereocenters. The van der Waals surface area contributed by atoms with Crippen molar-refractivity contribution in [1.29, 1.82) is 0 Å². The largest absolute Gasteiger partial charge is 0.330 e. The fraction of sp³-hybridized carbons (Fsp3) is 0. The third-order valence-corrected chi connectivity index (χ3v) is 4.20. The van der Waals surface area contributed by atoms with Gasteiger partial charge >= 0.3 is 0 Å². The highest BCUT2D eigenvalue weighted by molar-refractivity contribution is 14.1. The van der Waals surface area contributed by atoms with Crippen LogP contribution in [0.1, 0.15) is 10.4 Å². The van der Waals surface area contributed by atoms with Crippen molar-refractivity contribution in [2.45, 2.75) is 0 Å². The van der Waals surface area contributed by atoms with Gasteiger partial charge in [0.2, 0.25) is 0 Å². The first kappa shape index (κ1) is 17.4. The molecule has 2 aromatic carbocycles. The summed E-state index contributed by atoms with van der Waals surface area (Å²) in [5.74, 6) is -0.931. The molecule has 2 N–H and O–H groups in total. The van der Waals surface area contributed by atoms with Crippen LogP contribution >= 0.6 is 58.0 Å². The zero-order valence-electron chi connectivity index (χ0n) is 10.8. The predicted molar refractivity (Wildman–Crippen MR) is 99.3 cm³/mol. The number of rotatable bonds is 2. The van der Waals surface area contributed by atoms with Crippen molar-refractivity contribution in [1.82, 2.24) is 5.32 Å². The molecule has 0 aliphatic carbocycles. The van der Waals surface area contributed by atoms with Gasteiger partial charge in [-0.25, -0.2) is 4.39 Å². The lowest BCUT2D eigenvalue weighted by atomic mass is 10.2. The van der Waals surface area contributed by atoms with Gasteiger partial charge in [0, 0.05) is 9.13 Å². The second-order valence-electron chi connectivity index (χ2n) is 4.16. The minimum Gasteiger partial charge on any atom is -0.330 e. The minimum absolute atomic E-state index is 0.0174. The smallest absolute Gasteiger partial charge is 0.257 e. The maximum Gasteiger partial charge on any atom is 0.257 e. The molecular weight excluding hydrogens is 461 g/mol. The van der Waals surface area contributed by atoms with Crippen LogP contribution in [0.4, 0.5) is 10.1 Å². The second-order valence-corrected chi connectivity index (χ2v) is 6.63. The summed E-state index contributed by atoms with van der Waals surface area (Å²) in [6, 6.07) is 9.05. The quantitative estimate of drug-likeness (QED) is 0.488. The normalized spacial score (nSPS) is 10.2. The second kappa shape index (κ2) is 7.54. The van der Waals surface area contributed by atoms with E-state index in [-0.39, 0.29) is 15.8 Å². The number of hydrogen-bond donors (Lipinski definition) is 2. The Bertz CT molecular complexity index is 758. The number of anilines is 1. The number of thiocarbonyl (C=S) groups is 1. The predicted octanol–water partition coefficient (Wildman–Crippen LogP) is 4.86. The van der Waals surface area contributed by atoms with Crippen LogP contribution in [0.2, 0.25) is 10.0 Å². The third-order valence-electron chi connectivity index (χ3n) is 2.59. The average Bonchev–Trinajstić information content (AvgIpc) is 2.45. The standard InChI is InChI=1S/C14H8Cl2FIN2OS/c15-9-3-1-7(5-10(9)16)13(21)20-14(22)19-12-4-2-8(18)6-11(12)17/h1-6H,(H2,19,20,21,22). The van der Waals surface area contributed by atoms with E-state index in [1.807, 2.05) is 22.6 Å². The highest BCUT2D eigenvalue weighted by Crippen LogP contribution is 2.22. The van der Waals surface area contributed by atoms with E-state index < -0.39 is 11.7 Å². The van der Waals surface area contributed by atoms with E-state index in [4.69, 9.17) is 35.4 Å². The van der Waals surface area contributed by atoms with E-state index in [0.29, 0.717) is 10.6 Å². The molecule has 0 spiro atoms. The molecule has 0 aliphatic rings. The van der Waals surface area contributed by atoms with E-state index in [1.54, 1.807) is 6.07 Å². The van der Waals surface area contributed by atoms with Crippen molar-refractivity contribution < 1.29 is 9.18 Å². The van der Waals surface area contributed by atoms with Crippen molar-refractivity contribution in [2.24, 2.45) is 0 Å². The van der Waals surface area contributed by atoms with Gasteiger partial charge < -0.3 is 5.32 Å². The molecule has 8 heteroatoms. The molecule has 0 radical (unpaired) electrons. The molecule has 2 rings (SSSR count). The lowest BCUT2D eigenvalue weighted by molar-refractivity contribution is 0.0977. The molecule has 0 unspecified atom stereocenters. The first-order chi connectivity index (χ1) is 10.4. The van der Waals surface area contributed by atoms with Gasteiger partial charge in [0.25, 0.3) is 5.91 Å². The summed E-state index contributed by atoms with van der Waals surface area (Å²) in [7, 11) is 0. The van der Waals surface area contributed by atoms with E-state index in [9.17, 15) is 9.18 Å². The lowest BCUT2D eigenvalue weighted by Crippen LogP contribution is -2.34. The Morgan fingerprint density at radius 1 is 1.14 bits per heavy atom. The molecule has 1 amide bonds. The summed E-state index contributed by atoms with van der Waals surface area (Å²) in [6.07, 6.45) is 0. The van der Waals surface area contributed by atoms with Crippen LogP contribution in [0.25, 0.3) is 0 Å². The number of benzene rings is 2. The van der Waals surface area contributed by atoms with Crippen LogP contribution < -0.4 is 10.6 Å². The molecule has 0 aliphatic heterocycles. The SMILES string of the molecule is O=C(NC(=S)Nc1ccc(I)cc1F)c1ccc(Cl)c(Cl)c1. The maximum atomic E-state index is 13.7. The highest BCUT2D eigenvalue weighted by Gasteiger charge is 2.11. The van der Waals surface area contributed by atoms with E-state index in [2.05, 4.69) is 10.6 Å². The molecule has 0 saturated heterocycles. The molecule has 2 aromatic rings. The number of carbonyl (C=O) groups excluding carboxylic acids is 1. The highest BCUT2D eigenvalue weighted by atomic mass is 127. The molecule has 22 heavy (non-hydrogen) atoms. The average molecular weight is 469 g/mol. The van der Waals surface area contributed by atoms with Crippen molar-refractivity contribution in [2.75, 3.05) is 5.32 Å². The molecular formula is C14H8Cl2FIN2OS. The van der Waals surface area contributed by atoms with Gasteiger partial charge in [-0.15, -0.1) is 0 Å². The molecule has 0 aromatic heterocycles. The summed E-state index contributed by atoms with van der Waals surface area (Å²) < 4.78 is 14.5. The van der Waals surface area contributed by atoms with Gasteiger partial charge in [-0.1, -0.05) is 23.2 Å². The van der Waals surface area contributed by atoms with Crippen molar-refractivity contribution in [3.8, 4) is 0 Å². The fourth-order valence-corrected chi connectivity index (χ4v) is 2.51. The molecule has 0 bridgehead atoms. The fourth-order valence-electron chi connectivity index (χ4n) is 1.56.